The first-order valence-corrected chi connectivity index (χ1v) is 6.09. The second-order valence-corrected chi connectivity index (χ2v) is 4.33. The van der Waals surface area contributed by atoms with E-state index < -0.39 is 0 Å². The monoisotopic (exact) mass is 240 g/mol. The highest BCUT2D eigenvalue weighted by molar-refractivity contribution is 6.30. The minimum atomic E-state index is 0.584. The van der Waals surface area contributed by atoms with Gasteiger partial charge in [-0.25, -0.2) is 9.97 Å². The number of rotatable bonds is 2. The molecule has 88 valence electrons. The topological polar surface area (TPSA) is 41.1 Å². The van der Waals surface area contributed by atoms with E-state index in [4.69, 9.17) is 11.6 Å². The molecule has 5 heteroatoms. The van der Waals surface area contributed by atoms with Gasteiger partial charge in [0.25, 0.3) is 0 Å². The van der Waals surface area contributed by atoms with Gasteiger partial charge < -0.3 is 10.2 Å². The molecule has 0 unspecified atom stereocenters. The van der Waals surface area contributed by atoms with E-state index in [9.17, 15) is 0 Å². The summed E-state index contributed by atoms with van der Waals surface area (Å²) in [6.07, 6.45) is 0.819. The average Bonchev–Trinajstić information content (AvgIpc) is 2.33. The van der Waals surface area contributed by atoms with E-state index >= 15 is 0 Å². The van der Waals surface area contributed by atoms with E-state index in [0.29, 0.717) is 5.15 Å². The molecule has 0 saturated carbocycles. The minimum absolute atomic E-state index is 0.584. The zero-order chi connectivity index (χ0) is 11.5. The van der Waals surface area contributed by atoms with Crippen LogP contribution in [0.15, 0.2) is 0 Å². The van der Waals surface area contributed by atoms with Gasteiger partial charge in [-0.05, 0) is 6.92 Å². The molecule has 2 rings (SSSR count). The normalized spacial score (nSPS) is 16.6. The molecule has 0 bridgehead atoms. The predicted molar refractivity (Wildman–Crippen MR) is 66.2 cm³/mol. The fourth-order valence-electron chi connectivity index (χ4n) is 1.86. The van der Waals surface area contributed by atoms with Crippen molar-refractivity contribution in [2.24, 2.45) is 0 Å². The highest BCUT2D eigenvalue weighted by atomic mass is 35.5. The molecule has 16 heavy (non-hydrogen) atoms. The summed E-state index contributed by atoms with van der Waals surface area (Å²) in [5.41, 5.74) is 0.987. The molecule has 1 aromatic heterocycles. The van der Waals surface area contributed by atoms with Crippen molar-refractivity contribution in [2.45, 2.75) is 20.3 Å². The number of aromatic nitrogens is 2. The summed E-state index contributed by atoms with van der Waals surface area (Å²) in [6.45, 7) is 8.00. The van der Waals surface area contributed by atoms with Crippen molar-refractivity contribution in [3.05, 3.63) is 16.5 Å². The van der Waals surface area contributed by atoms with Crippen LogP contribution in [-0.2, 0) is 6.42 Å². The minimum Gasteiger partial charge on any atom is -0.354 e. The van der Waals surface area contributed by atoms with Gasteiger partial charge in [-0.15, -0.1) is 0 Å². The summed E-state index contributed by atoms with van der Waals surface area (Å²) in [5, 5.41) is 3.91. The molecular formula is C11H17ClN4. The quantitative estimate of drug-likeness (QED) is 0.794. The molecule has 4 nitrogen and oxygen atoms in total. The first-order chi connectivity index (χ1) is 7.72. The van der Waals surface area contributed by atoms with Gasteiger partial charge >= 0.3 is 0 Å². The number of hydrogen-bond acceptors (Lipinski definition) is 4. The Balaban J connectivity index is 2.33. The van der Waals surface area contributed by atoms with Crippen molar-refractivity contribution < 1.29 is 0 Å². The van der Waals surface area contributed by atoms with Gasteiger partial charge in [0.1, 0.15) is 16.8 Å². The molecular weight excluding hydrogens is 224 g/mol. The van der Waals surface area contributed by atoms with Crippen LogP contribution in [0.3, 0.4) is 0 Å². The first kappa shape index (κ1) is 11.6. The summed E-state index contributed by atoms with van der Waals surface area (Å²) < 4.78 is 0. The molecule has 2 heterocycles. The standard InChI is InChI=1S/C11H17ClN4/c1-3-9-14-10(12)8(2)11(15-9)16-6-4-13-5-7-16/h13H,3-7H2,1-2H3. The Hall–Kier alpha value is -0.870. The number of nitrogens with zero attached hydrogens (tertiary/aromatic N) is 3. The largest absolute Gasteiger partial charge is 0.354 e. The van der Waals surface area contributed by atoms with Crippen LogP contribution in [-0.4, -0.2) is 36.1 Å². The van der Waals surface area contributed by atoms with E-state index in [-0.39, 0.29) is 0 Å². The van der Waals surface area contributed by atoms with Crippen LogP contribution in [0, 0.1) is 6.92 Å². The van der Waals surface area contributed by atoms with Gasteiger partial charge in [-0.1, -0.05) is 18.5 Å². The molecule has 0 radical (unpaired) electrons. The number of halogens is 1. The van der Waals surface area contributed by atoms with Crippen molar-refractivity contribution in [1.82, 2.24) is 15.3 Å². The molecule has 1 saturated heterocycles. The third kappa shape index (κ3) is 2.28. The highest BCUT2D eigenvalue weighted by Gasteiger charge is 2.17. The summed E-state index contributed by atoms with van der Waals surface area (Å²) in [6, 6.07) is 0. The third-order valence-electron chi connectivity index (χ3n) is 2.84. The lowest BCUT2D eigenvalue weighted by atomic mass is 10.2. The Bertz CT molecular complexity index is 374. The lowest BCUT2D eigenvalue weighted by molar-refractivity contribution is 0.582. The van der Waals surface area contributed by atoms with Crippen LogP contribution in [0.25, 0.3) is 0 Å². The van der Waals surface area contributed by atoms with Crippen molar-refractivity contribution in [2.75, 3.05) is 31.1 Å². The number of hydrogen-bond donors (Lipinski definition) is 1. The SMILES string of the molecule is CCc1nc(Cl)c(C)c(N2CCNCC2)n1. The highest BCUT2D eigenvalue weighted by Crippen LogP contribution is 2.23. The van der Waals surface area contributed by atoms with Crippen LogP contribution in [0.1, 0.15) is 18.3 Å². The lowest BCUT2D eigenvalue weighted by Crippen LogP contribution is -2.44. The Labute approximate surface area is 101 Å². The van der Waals surface area contributed by atoms with Crippen molar-refractivity contribution >= 4 is 17.4 Å². The second-order valence-electron chi connectivity index (χ2n) is 3.97. The van der Waals surface area contributed by atoms with Gasteiger partial charge in [-0.3, -0.25) is 0 Å². The average molecular weight is 241 g/mol. The predicted octanol–water partition coefficient (Wildman–Crippen LogP) is 1.41. The molecule has 1 fully saturated rings. The molecule has 1 N–H and O–H groups in total. The number of piperazine rings is 1. The number of anilines is 1. The molecule has 1 aliphatic heterocycles. The zero-order valence-corrected chi connectivity index (χ0v) is 10.5. The van der Waals surface area contributed by atoms with E-state index in [1.165, 1.54) is 0 Å². The smallest absolute Gasteiger partial charge is 0.137 e. The summed E-state index contributed by atoms with van der Waals surface area (Å²) in [4.78, 5) is 11.1. The molecule has 0 aliphatic carbocycles. The Morgan fingerprint density at radius 3 is 2.62 bits per heavy atom. The van der Waals surface area contributed by atoms with Crippen LogP contribution in [0.4, 0.5) is 5.82 Å². The van der Waals surface area contributed by atoms with Gasteiger partial charge in [0, 0.05) is 38.2 Å². The van der Waals surface area contributed by atoms with Crippen molar-refractivity contribution in [3.8, 4) is 0 Å². The van der Waals surface area contributed by atoms with Gasteiger partial charge in [0.15, 0.2) is 0 Å². The van der Waals surface area contributed by atoms with Gasteiger partial charge in [-0.2, -0.15) is 0 Å². The first-order valence-electron chi connectivity index (χ1n) is 5.71. The van der Waals surface area contributed by atoms with Crippen LogP contribution in [0.2, 0.25) is 5.15 Å². The van der Waals surface area contributed by atoms with Crippen molar-refractivity contribution in [3.63, 3.8) is 0 Å². The maximum Gasteiger partial charge on any atom is 0.137 e. The summed E-state index contributed by atoms with van der Waals surface area (Å²) in [7, 11) is 0. The summed E-state index contributed by atoms with van der Waals surface area (Å²) >= 11 is 6.12. The molecule has 0 atom stereocenters. The Morgan fingerprint density at radius 2 is 2.00 bits per heavy atom. The lowest BCUT2D eigenvalue weighted by Gasteiger charge is -2.29. The zero-order valence-electron chi connectivity index (χ0n) is 9.76. The fraction of sp³-hybridized carbons (Fsp3) is 0.636. The summed E-state index contributed by atoms with van der Waals surface area (Å²) in [5.74, 6) is 1.82. The van der Waals surface area contributed by atoms with Crippen molar-refractivity contribution in [1.29, 1.82) is 0 Å². The Morgan fingerprint density at radius 1 is 1.31 bits per heavy atom. The maximum atomic E-state index is 6.12. The van der Waals surface area contributed by atoms with Gasteiger partial charge in [0.2, 0.25) is 0 Å². The number of aryl methyl sites for hydroxylation is 1. The number of nitrogens with one attached hydrogen (secondary N) is 1. The second kappa shape index (κ2) is 4.97. The van der Waals surface area contributed by atoms with Gasteiger partial charge in [0.05, 0.1) is 0 Å². The van der Waals surface area contributed by atoms with Crippen LogP contribution < -0.4 is 10.2 Å². The molecule has 1 aromatic rings. The molecule has 0 aromatic carbocycles. The van der Waals surface area contributed by atoms with E-state index in [0.717, 1.165) is 49.8 Å². The van der Waals surface area contributed by atoms with E-state index in [1.807, 2.05) is 13.8 Å². The fourth-order valence-corrected chi connectivity index (χ4v) is 2.05. The molecule has 0 spiro atoms. The van der Waals surface area contributed by atoms with Crippen LogP contribution in [0.5, 0.6) is 0 Å². The Kier molecular flexibility index (Phi) is 3.61. The van der Waals surface area contributed by atoms with Crippen LogP contribution >= 0.6 is 11.6 Å². The molecule has 1 aliphatic rings. The third-order valence-corrected chi connectivity index (χ3v) is 3.21. The maximum absolute atomic E-state index is 6.12. The van der Waals surface area contributed by atoms with E-state index in [2.05, 4.69) is 20.2 Å². The van der Waals surface area contributed by atoms with E-state index in [1.54, 1.807) is 0 Å². The molecule has 0 amide bonds.